The Morgan fingerprint density at radius 3 is 2.68 bits per heavy atom. The van der Waals surface area contributed by atoms with Crippen LogP contribution in [0.5, 0.6) is 5.75 Å². The molecule has 0 aliphatic heterocycles. The van der Waals surface area contributed by atoms with E-state index in [0.29, 0.717) is 20.9 Å². The van der Waals surface area contributed by atoms with Crippen LogP contribution < -0.4 is 20.9 Å². The van der Waals surface area contributed by atoms with E-state index in [2.05, 4.69) is 16.2 Å². The lowest BCUT2D eigenvalue weighted by Crippen LogP contribution is -2.49. The minimum absolute atomic E-state index is 0.293. The lowest BCUT2D eigenvalue weighted by molar-refractivity contribution is -0.127. The molecule has 0 fully saturated rings. The van der Waals surface area contributed by atoms with Crippen molar-refractivity contribution < 1.29 is 9.53 Å². The first-order chi connectivity index (χ1) is 8.93. The maximum atomic E-state index is 11.7. The van der Waals surface area contributed by atoms with Gasteiger partial charge in [-0.15, -0.1) is 0 Å². The predicted octanol–water partition coefficient (Wildman–Crippen LogP) is 1.89. The summed E-state index contributed by atoms with van der Waals surface area (Å²) in [5.74, 6) is -0.0540. The molecule has 1 aromatic carbocycles. The largest absolute Gasteiger partial charge is 0.479 e. The molecule has 104 valence electrons. The number of carbonyl (C=O) groups is 1. The number of amides is 1. The predicted molar refractivity (Wildman–Crippen MR) is 79.5 cm³/mol. The zero-order chi connectivity index (χ0) is 14.4. The molecule has 0 aliphatic rings. The van der Waals surface area contributed by atoms with E-state index in [1.54, 1.807) is 32.2 Å². The van der Waals surface area contributed by atoms with Gasteiger partial charge >= 0.3 is 0 Å². The van der Waals surface area contributed by atoms with Crippen LogP contribution in [0.2, 0.25) is 10.0 Å². The third-order valence-corrected chi connectivity index (χ3v) is 2.95. The SMILES string of the molecule is CNC(=S)NNC(=O)[C@@H](C)Oc1cc(Cl)ccc1Cl. The Morgan fingerprint density at radius 1 is 1.37 bits per heavy atom. The number of thiocarbonyl (C=S) groups is 1. The molecular weight excluding hydrogens is 309 g/mol. The van der Waals surface area contributed by atoms with Crippen molar-refractivity contribution in [2.24, 2.45) is 0 Å². The molecule has 0 radical (unpaired) electrons. The Hall–Kier alpha value is -1.24. The van der Waals surface area contributed by atoms with Gasteiger partial charge in [0.15, 0.2) is 11.2 Å². The van der Waals surface area contributed by atoms with Gasteiger partial charge in [-0.1, -0.05) is 23.2 Å². The maximum Gasteiger partial charge on any atom is 0.279 e. The number of halogens is 2. The Bertz CT molecular complexity index is 485. The Kier molecular flexibility index (Phi) is 6.14. The molecule has 0 spiro atoms. The van der Waals surface area contributed by atoms with Gasteiger partial charge in [-0.05, 0) is 31.3 Å². The lowest BCUT2D eigenvalue weighted by atomic mass is 10.3. The van der Waals surface area contributed by atoms with Crippen molar-refractivity contribution in [3.63, 3.8) is 0 Å². The van der Waals surface area contributed by atoms with Crippen molar-refractivity contribution in [1.82, 2.24) is 16.2 Å². The molecule has 3 N–H and O–H groups in total. The Balaban J connectivity index is 2.58. The highest BCUT2D eigenvalue weighted by Gasteiger charge is 2.16. The number of hydrazine groups is 1. The van der Waals surface area contributed by atoms with Crippen LogP contribution in [0.15, 0.2) is 18.2 Å². The third-order valence-electron chi connectivity index (χ3n) is 2.09. The molecule has 0 bridgehead atoms. The first-order valence-corrected chi connectivity index (χ1v) is 6.49. The van der Waals surface area contributed by atoms with Crippen molar-refractivity contribution in [2.45, 2.75) is 13.0 Å². The second-order valence-corrected chi connectivity index (χ2v) is 4.78. The Morgan fingerprint density at radius 2 is 2.05 bits per heavy atom. The van der Waals surface area contributed by atoms with Gasteiger partial charge in [-0.2, -0.15) is 0 Å². The summed E-state index contributed by atoms with van der Waals surface area (Å²) in [4.78, 5) is 11.7. The van der Waals surface area contributed by atoms with Gasteiger partial charge in [0.25, 0.3) is 5.91 Å². The van der Waals surface area contributed by atoms with Crippen LogP contribution in [0.1, 0.15) is 6.92 Å². The number of hydrogen-bond donors (Lipinski definition) is 3. The number of nitrogens with one attached hydrogen (secondary N) is 3. The van der Waals surface area contributed by atoms with Crippen LogP contribution in [0, 0.1) is 0 Å². The highest BCUT2D eigenvalue weighted by Crippen LogP contribution is 2.28. The summed E-state index contributed by atoms with van der Waals surface area (Å²) in [6.45, 7) is 1.58. The molecule has 1 atom stereocenters. The van der Waals surface area contributed by atoms with E-state index in [1.165, 1.54) is 0 Å². The Labute approximate surface area is 126 Å². The molecule has 0 saturated heterocycles. The summed E-state index contributed by atoms with van der Waals surface area (Å²) in [5, 5.41) is 3.80. The van der Waals surface area contributed by atoms with Gasteiger partial charge in [0.2, 0.25) is 0 Å². The number of benzene rings is 1. The maximum absolute atomic E-state index is 11.7. The smallest absolute Gasteiger partial charge is 0.279 e. The normalized spacial score (nSPS) is 11.4. The van der Waals surface area contributed by atoms with Gasteiger partial charge in [0.1, 0.15) is 5.75 Å². The summed E-state index contributed by atoms with van der Waals surface area (Å²) in [5.41, 5.74) is 4.90. The van der Waals surface area contributed by atoms with Crippen LogP contribution in [-0.4, -0.2) is 24.2 Å². The van der Waals surface area contributed by atoms with E-state index in [4.69, 9.17) is 40.2 Å². The average molecular weight is 322 g/mol. The van der Waals surface area contributed by atoms with Gasteiger partial charge in [0, 0.05) is 18.1 Å². The molecule has 0 unspecified atom stereocenters. The van der Waals surface area contributed by atoms with Crippen molar-refractivity contribution in [2.75, 3.05) is 7.05 Å². The first-order valence-electron chi connectivity index (χ1n) is 5.33. The number of ether oxygens (including phenoxy) is 1. The molecule has 0 aliphatic carbocycles. The van der Waals surface area contributed by atoms with Crippen LogP contribution >= 0.6 is 35.4 Å². The monoisotopic (exact) mass is 321 g/mol. The molecular formula is C11H13Cl2N3O2S. The fourth-order valence-electron chi connectivity index (χ4n) is 1.09. The summed E-state index contributed by atoms with van der Waals surface area (Å²) in [7, 11) is 1.63. The van der Waals surface area contributed by atoms with Crippen molar-refractivity contribution in [1.29, 1.82) is 0 Å². The van der Waals surface area contributed by atoms with Crippen molar-refractivity contribution >= 4 is 46.4 Å². The topological polar surface area (TPSA) is 62.4 Å². The molecule has 8 heteroatoms. The van der Waals surface area contributed by atoms with E-state index >= 15 is 0 Å². The quantitative estimate of drug-likeness (QED) is 0.586. The standard InChI is InChI=1S/C11H13Cl2N3O2S/c1-6(10(17)15-16-11(19)14-2)18-9-5-7(12)3-4-8(9)13/h3-6H,1-2H3,(H,15,17)(H2,14,16,19)/t6-/m1/s1. The molecule has 5 nitrogen and oxygen atoms in total. The van der Waals surface area contributed by atoms with Gasteiger partial charge in [-0.25, -0.2) is 0 Å². The zero-order valence-corrected chi connectivity index (χ0v) is 12.6. The number of rotatable bonds is 3. The molecule has 1 rings (SSSR count). The third kappa shape index (κ3) is 5.10. The minimum atomic E-state index is -0.761. The highest BCUT2D eigenvalue weighted by molar-refractivity contribution is 7.80. The first kappa shape index (κ1) is 15.8. The van der Waals surface area contributed by atoms with Crippen LogP contribution in [-0.2, 0) is 4.79 Å². The molecule has 0 aromatic heterocycles. The van der Waals surface area contributed by atoms with E-state index < -0.39 is 12.0 Å². The number of hydrogen-bond acceptors (Lipinski definition) is 3. The van der Waals surface area contributed by atoms with Crippen molar-refractivity contribution in [3.8, 4) is 5.75 Å². The van der Waals surface area contributed by atoms with E-state index in [1.807, 2.05) is 0 Å². The summed E-state index contributed by atoms with van der Waals surface area (Å²) in [6.07, 6.45) is -0.761. The zero-order valence-electron chi connectivity index (χ0n) is 10.3. The van der Waals surface area contributed by atoms with Gasteiger partial charge in [-0.3, -0.25) is 15.6 Å². The second-order valence-electron chi connectivity index (χ2n) is 3.53. The van der Waals surface area contributed by atoms with E-state index in [9.17, 15) is 4.79 Å². The summed E-state index contributed by atoms with van der Waals surface area (Å²) in [6, 6.07) is 4.77. The highest BCUT2D eigenvalue weighted by atomic mass is 35.5. The molecule has 1 aromatic rings. The van der Waals surface area contributed by atoms with E-state index in [0.717, 1.165) is 0 Å². The van der Waals surface area contributed by atoms with Crippen LogP contribution in [0.25, 0.3) is 0 Å². The summed E-state index contributed by atoms with van der Waals surface area (Å²) < 4.78 is 5.42. The van der Waals surface area contributed by atoms with Crippen molar-refractivity contribution in [3.05, 3.63) is 28.2 Å². The van der Waals surface area contributed by atoms with Gasteiger partial charge in [0.05, 0.1) is 5.02 Å². The fourth-order valence-corrected chi connectivity index (χ4v) is 1.47. The van der Waals surface area contributed by atoms with Gasteiger partial charge < -0.3 is 10.1 Å². The second kappa shape index (κ2) is 7.37. The minimum Gasteiger partial charge on any atom is -0.479 e. The lowest BCUT2D eigenvalue weighted by Gasteiger charge is -2.16. The van der Waals surface area contributed by atoms with Crippen LogP contribution in [0.3, 0.4) is 0 Å². The molecule has 0 heterocycles. The molecule has 1 amide bonds. The molecule has 19 heavy (non-hydrogen) atoms. The fraction of sp³-hybridized carbons (Fsp3) is 0.273. The average Bonchev–Trinajstić information content (AvgIpc) is 2.39. The molecule has 0 saturated carbocycles. The van der Waals surface area contributed by atoms with E-state index in [-0.39, 0.29) is 0 Å². The van der Waals surface area contributed by atoms with Crippen LogP contribution in [0.4, 0.5) is 0 Å². The summed E-state index contributed by atoms with van der Waals surface area (Å²) >= 11 is 16.6. The number of carbonyl (C=O) groups excluding carboxylic acids is 1.